The summed E-state index contributed by atoms with van der Waals surface area (Å²) in [5.41, 5.74) is 0.333. The molecule has 1 heterocycles. The molecule has 0 saturated carbocycles. The number of halogens is 3. The molecule has 0 spiro atoms. The quantitative estimate of drug-likeness (QED) is 0.755. The molecule has 0 unspecified atom stereocenters. The summed E-state index contributed by atoms with van der Waals surface area (Å²) in [6.45, 7) is -0.430. The predicted octanol–water partition coefficient (Wildman–Crippen LogP) is 2.49. The van der Waals surface area contributed by atoms with Crippen molar-refractivity contribution in [2.75, 3.05) is 5.75 Å². The molecule has 0 fully saturated rings. The van der Waals surface area contributed by atoms with Gasteiger partial charge >= 0.3 is 5.97 Å². The molecule has 2 aromatic rings. The highest BCUT2D eigenvalue weighted by Crippen LogP contribution is 2.33. The van der Waals surface area contributed by atoms with Gasteiger partial charge in [-0.25, -0.2) is 4.39 Å². The summed E-state index contributed by atoms with van der Waals surface area (Å²) < 4.78 is 15.0. The lowest BCUT2D eigenvalue weighted by Crippen LogP contribution is -2.06. The lowest BCUT2D eigenvalue weighted by Gasteiger charge is -2.12. The number of benzene rings is 1. The number of rotatable bonds is 5. The van der Waals surface area contributed by atoms with E-state index in [9.17, 15) is 14.3 Å². The van der Waals surface area contributed by atoms with Crippen molar-refractivity contribution in [3.05, 3.63) is 33.3 Å². The molecule has 0 aliphatic heterocycles. The van der Waals surface area contributed by atoms with Gasteiger partial charge in [0.1, 0.15) is 12.4 Å². The number of aliphatic carboxylic acids is 1. The van der Waals surface area contributed by atoms with Gasteiger partial charge in [-0.3, -0.25) is 9.36 Å². The zero-order valence-electron chi connectivity index (χ0n) is 10.3. The van der Waals surface area contributed by atoms with Crippen LogP contribution < -0.4 is 0 Å². The smallest absolute Gasteiger partial charge is 0.313 e. The first-order chi connectivity index (χ1) is 9.93. The molecule has 10 heteroatoms. The van der Waals surface area contributed by atoms with E-state index in [1.807, 2.05) is 0 Å². The maximum atomic E-state index is 13.3. The Kier molecular flexibility index (Phi) is 5.20. The Balaban J connectivity index is 2.56. The molecule has 0 aliphatic carbocycles. The molecule has 0 aliphatic rings. The molecule has 2 rings (SSSR count). The summed E-state index contributed by atoms with van der Waals surface area (Å²) >= 11 is 10.1. The highest BCUT2D eigenvalue weighted by Gasteiger charge is 2.20. The number of nitrogens with zero attached hydrogens (tertiary/aromatic N) is 3. The van der Waals surface area contributed by atoms with Crippen molar-refractivity contribution in [3.63, 3.8) is 0 Å². The van der Waals surface area contributed by atoms with E-state index >= 15 is 0 Å². The Bertz CT molecular complexity index is 674. The van der Waals surface area contributed by atoms with Gasteiger partial charge in [0, 0.05) is 4.47 Å². The van der Waals surface area contributed by atoms with Crippen molar-refractivity contribution >= 4 is 45.3 Å². The second-order valence-electron chi connectivity index (χ2n) is 3.79. The van der Waals surface area contributed by atoms with Crippen LogP contribution >= 0.6 is 39.3 Å². The third-order valence-corrected chi connectivity index (χ3v) is 4.18. The normalized spacial score (nSPS) is 10.9. The molecule has 112 valence electrons. The minimum atomic E-state index is -1.02. The van der Waals surface area contributed by atoms with Crippen LogP contribution in [0.25, 0.3) is 5.69 Å². The second kappa shape index (κ2) is 6.73. The summed E-state index contributed by atoms with van der Waals surface area (Å²) in [4.78, 5) is 10.7. The molecule has 6 nitrogen and oxygen atoms in total. The average molecular weight is 397 g/mol. The fourth-order valence-electron chi connectivity index (χ4n) is 1.60. The largest absolute Gasteiger partial charge is 0.481 e. The van der Waals surface area contributed by atoms with E-state index in [2.05, 4.69) is 26.1 Å². The Labute approximate surface area is 136 Å². The van der Waals surface area contributed by atoms with Gasteiger partial charge in [-0.05, 0) is 28.1 Å². The molecule has 0 amide bonds. The Morgan fingerprint density at radius 2 is 2.19 bits per heavy atom. The van der Waals surface area contributed by atoms with E-state index in [-0.39, 0.29) is 21.8 Å². The van der Waals surface area contributed by atoms with Crippen LogP contribution in [0, 0.1) is 5.82 Å². The topological polar surface area (TPSA) is 88.2 Å². The number of thioether (sulfide) groups is 1. The molecule has 0 atom stereocenters. The molecule has 0 bridgehead atoms. The summed E-state index contributed by atoms with van der Waals surface area (Å²) in [5, 5.41) is 26.0. The third kappa shape index (κ3) is 3.54. The number of carboxylic acids is 1. The van der Waals surface area contributed by atoms with Crippen molar-refractivity contribution < 1.29 is 19.4 Å². The van der Waals surface area contributed by atoms with E-state index < -0.39 is 18.4 Å². The lowest BCUT2D eigenvalue weighted by molar-refractivity contribution is -0.133. The van der Waals surface area contributed by atoms with Crippen molar-refractivity contribution in [1.82, 2.24) is 14.8 Å². The summed E-state index contributed by atoms with van der Waals surface area (Å²) in [6, 6.07) is 2.31. The minimum Gasteiger partial charge on any atom is -0.481 e. The highest BCUT2D eigenvalue weighted by atomic mass is 79.9. The van der Waals surface area contributed by atoms with Gasteiger partial charge in [-0.2, -0.15) is 0 Å². The Morgan fingerprint density at radius 1 is 1.48 bits per heavy atom. The van der Waals surface area contributed by atoms with E-state index in [4.69, 9.17) is 16.7 Å². The van der Waals surface area contributed by atoms with Crippen molar-refractivity contribution in [3.8, 4) is 5.69 Å². The third-order valence-electron chi connectivity index (χ3n) is 2.37. The zero-order chi connectivity index (χ0) is 15.6. The van der Waals surface area contributed by atoms with Gasteiger partial charge in [0.15, 0.2) is 11.0 Å². The SMILES string of the molecule is O=C(O)CSc1nnc(CO)n1-c1c(Cl)cc(F)cc1Br. The standard InChI is InChI=1S/C11H8BrClFN3O3S/c12-6-1-5(14)2-7(13)10(6)17-8(3-18)15-16-11(17)21-4-9(19)20/h1-2,18H,3-4H2,(H,19,20). The summed E-state index contributed by atoms with van der Waals surface area (Å²) in [6.07, 6.45) is 0. The van der Waals surface area contributed by atoms with Crippen LogP contribution in [0.5, 0.6) is 0 Å². The fraction of sp³-hybridized carbons (Fsp3) is 0.182. The first kappa shape index (κ1) is 16.2. The van der Waals surface area contributed by atoms with Crippen LogP contribution in [0.15, 0.2) is 21.8 Å². The number of aliphatic hydroxyl groups is 1. The summed E-state index contributed by atoms with van der Waals surface area (Å²) in [5.74, 6) is -1.63. The van der Waals surface area contributed by atoms with E-state index in [1.54, 1.807) is 0 Å². The van der Waals surface area contributed by atoms with Crippen LogP contribution in [0.2, 0.25) is 5.02 Å². The maximum Gasteiger partial charge on any atom is 0.313 e. The Hall–Kier alpha value is -1.16. The van der Waals surface area contributed by atoms with Gasteiger partial charge in [-0.15, -0.1) is 10.2 Å². The van der Waals surface area contributed by atoms with Gasteiger partial charge < -0.3 is 10.2 Å². The van der Waals surface area contributed by atoms with Crippen LogP contribution in [0.3, 0.4) is 0 Å². The van der Waals surface area contributed by atoms with Crippen molar-refractivity contribution in [2.24, 2.45) is 0 Å². The number of carboxylic acid groups (broad SMARTS) is 1. The van der Waals surface area contributed by atoms with E-state index in [0.29, 0.717) is 10.2 Å². The van der Waals surface area contributed by atoms with Crippen LogP contribution in [-0.2, 0) is 11.4 Å². The van der Waals surface area contributed by atoms with Gasteiger partial charge in [0.25, 0.3) is 0 Å². The molecule has 0 saturated heterocycles. The average Bonchev–Trinajstić information content (AvgIpc) is 2.78. The molecule has 21 heavy (non-hydrogen) atoms. The maximum absolute atomic E-state index is 13.3. The van der Waals surface area contributed by atoms with Crippen molar-refractivity contribution in [2.45, 2.75) is 11.8 Å². The molecular formula is C11H8BrClFN3O3S. The zero-order valence-corrected chi connectivity index (χ0v) is 13.4. The van der Waals surface area contributed by atoms with Gasteiger partial charge in [-0.1, -0.05) is 23.4 Å². The van der Waals surface area contributed by atoms with Crippen LogP contribution in [0.1, 0.15) is 5.82 Å². The molecule has 2 N–H and O–H groups in total. The van der Waals surface area contributed by atoms with Crippen LogP contribution in [-0.4, -0.2) is 36.7 Å². The van der Waals surface area contributed by atoms with Crippen LogP contribution in [0.4, 0.5) is 4.39 Å². The number of aliphatic hydroxyl groups excluding tert-OH is 1. The minimum absolute atomic E-state index is 0.0774. The molecule has 1 aromatic heterocycles. The molecular weight excluding hydrogens is 389 g/mol. The van der Waals surface area contributed by atoms with E-state index in [0.717, 1.165) is 17.8 Å². The first-order valence-electron chi connectivity index (χ1n) is 5.48. The predicted molar refractivity (Wildman–Crippen MR) is 78.3 cm³/mol. The fourth-order valence-corrected chi connectivity index (χ4v) is 3.29. The number of aromatic nitrogens is 3. The van der Waals surface area contributed by atoms with Crippen molar-refractivity contribution in [1.29, 1.82) is 0 Å². The second-order valence-corrected chi connectivity index (χ2v) is 6.00. The van der Waals surface area contributed by atoms with Gasteiger partial charge in [0.2, 0.25) is 0 Å². The molecule has 0 radical (unpaired) electrons. The Morgan fingerprint density at radius 3 is 2.76 bits per heavy atom. The first-order valence-corrected chi connectivity index (χ1v) is 7.64. The highest BCUT2D eigenvalue weighted by molar-refractivity contribution is 9.10. The monoisotopic (exact) mass is 395 g/mol. The number of hydrogen-bond acceptors (Lipinski definition) is 5. The number of hydrogen-bond donors (Lipinski definition) is 2. The molecule has 1 aromatic carbocycles. The van der Waals surface area contributed by atoms with Gasteiger partial charge in [0.05, 0.1) is 16.5 Å². The summed E-state index contributed by atoms with van der Waals surface area (Å²) in [7, 11) is 0. The number of carbonyl (C=O) groups is 1. The van der Waals surface area contributed by atoms with E-state index in [1.165, 1.54) is 10.6 Å². The lowest BCUT2D eigenvalue weighted by atomic mass is 10.3.